The summed E-state index contributed by atoms with van der Waals surface area (Å²) in [5.41, 5.74) is 0.511. The fraction of sp³-hybridized carbons (Fsp3) is 0.529. The first-order valence-corrected chi connectivity index (χ1v) is 7.67. The summed E-state index contributed by atoms with van der Waals surface area (Å²) in [5, 5.41) is 0. The molecule has 3 rings (SSSR count). The Morgan fingerprint density at radius 1 is 1.18 bits per heavy atom. The second-order valence-corrected chi connectivity index (χ2v) is 6.06. The van der Waals surface area contributed by atoms with E-state index in [-0.39, 0.29) is 18.0 Å². The smallest absolute Gasteiger partial charge is 0.338 e. The molecule has 1 aromatic rings. The standard InChI is InChI=1S/C17H21NO4/c1-18-12-8-9-13(18)15(17(20)21-2)14(10-12)22-16(19)11-6-4-3-5-7-11/h3-7,12-15H,8-10H2,1-2H3/t12-,13+,14-,15-/m0/s1. The molecule has 0 radical (unpaired) electrons. The lowest BCUT2D eigenvalue weighted by Gasteiger charge is -2.40. The zero-order valence-electron chi connectivity index (χ0n) is 12.9. The molecule has 0 N–H and O–H groups in total. The van der Waals surface area contributed by atoms with E-state index in [1.807, 2.05) is 13.1 Å². The summed E-state index contributed by atoms with van der Waals surface area (Å²) in [6, 6.07) is 9.36. The first-order valence-electron chi connectivity index (χ1n) is 7.67. The van der Waals surface area contributed by atoms with Crippen LogP contribution in [0.3, 0.4) is 0 Å². The Labute approximate surface area is 130 Å². The highest BCUT2D eigenvalue weighted by atomic mass is 16.6. The van der Waals surface area contributed by atoms with Crippen LogP contribution >= 0.6 is 0 Å². The zero-order valence-corrected chi connectivity index (χ0v) is 12.9. The van der Waals surface area contributed by atoms with Gasteiger partial charge < -0.3 is 9.47 Å². The van der Waals surface area contributed by atoms with Gasteiger partial charge in [-0.05, 0) is 32.0 Å². The van der Waals surface area contributed by atoms with Crippen molar-refractivity contribution in [3.05, 3.63) is 35.9 Å². The maximum atomic E-state index is 12.3. The predicted molar refractivity (Wildman–Crippen MR) is 80.3 cm³/mol. The molecule has 2 heterocycles. The number of carbonyl (C=O) groups excluding carboxylic acids is 2. The average molecular weight is 303 g/mol. The van der Waals surface area contributed by atoms with E-state index >= 15 is 0 Å². The average Bonchev–Trinajstić information content (AvgIpc) is 2.78. The van der Waals surface area contributed by atoms with Crippen LogP contribution in [0.25, 0.3) is 0 Å². The van der Waals surface area contributed by atoms with Gasteiger partial charge in [0.25, 0.3) is 0 Å². The molecule has 2 aliphatic heterocycles. The highest BCUT2D eigenvalue weighted by molar-refractivity contribution is 5.89. The summed E-state index contributed by atoms with van der Waals surface area (Å²) in [4.78, 5) is 26.7. The first kappa shape index (κ1) is 15.0. The molecule has 2 aliphatic rings. The van der Waals surface area contributed by atoms with Crippen LogP contribution in [0, 0.1) is 5.92 Å². The fourth-order valence-electron chi connectivity index (χ4n) is 3.77. The highest BCUT2D eigenvalue weighted by Gasteiger charge is 2.50. The SMILES string of the molecule is COC(=O)[C@@H]1[C@@H](OC(=O)c2ccccc2)C[C@@H]2CC[C@H]1N2C. The van der Waals surface area contributed by atoms with E-state index in [4.69, 9.17) is 9.47 Å². The predicted octanol–water partition coefficient (Wildman–Crippen LogP) is 1.87. The van der Waals surface area contributed by atoms with Crippen molar-refractivity contribution in [1.82, 2.24) is 4.90 Å². The van der Waals surface area contributed by atoms with Gasteiger partial charge in [0.2, 0.25) is 0 Å². The minimum atomic E-state index is -0.408. The van der Waals surface area contributed by atoms with Crippen molar-refractivity contribution in [3.8, 4) is 0 Å². The van der Waals surface area contributed by atoms with Gasteiger partial charge in [0.15, 0.2) is 0 Å². The van der Waals surface area contributed by atoms with Gasteiger partial charge in [-0.15, -0.1) is 0 Å². The first-order chi connectivity index (χ1) is 10.6. The summed E-state index contributed by atoms with van der Waals surface area (Å²) in [6.07, 6.45) is 2.26. The molecular weight excluding hydrogens is 282 g/mol. The number of esters is 2. The van der Waals surface area contributed by atoms with Gasteiger partial charge in [0, 0.05) is 18.5 Å². The molecule has 2 fully saturated rings. The van der Waals surface area contributed by atoms with Crippen molar-refractivity contribution in [2.75, 3.05) is 14.2 Å². The Bertz CT molecular complexity index is 559. The van der Waals surface area contributed by atoms with E-state index < -0.39 is 12.0 Å². The molecule has 2 saturated heterocycles. The van der Waals surface area contributed by atoms with Crippen molar-refractivity contribution >= 4 is 11.9 Å². The Morgan fingerprint density at radius 3 is 2.59 bits per heavy atom. The number of fused-ring (bicyclic) bond motifs is 2. The monoisotopic (exact) mass is 303 g/mol. The molecule has 2 bridgehead atoms. The van der Waals surface area contributed by atoms with Gasteiger partial charge in [0.1, 0.15) is 12.0 Å². The van der Waals surface area contributed by atoms with Crippen molar-refractivity contribution in [2.24, 2.45) is 5.92 Å². The lowest BCUT2D eigenvalue weighted by Crippen LogP contribution is -2.53. The lowest BCUT2D eigenvalue weighted by atomic mass is 9.87. The molecule has 0 spiro atoms. The van der Waals surface area contributed by atoms with Crippen molar-refractivity contribution in [3.63, 3.8) is 0 Å². The van der Waals surface area contributed by atoms with Gasteiger partial charge in [-0.2, -0.15) is 0 Å². The number of hydrogen-bond acceptors (Lipinski definition) is 5. The minimum Gasteiger partial charge on any atom is -0.469 e. The molecule has 0 saturated carbocycles. The molecule has 0 unspecified atom stereocenters. The van der Waals surface area contributed by atoms with Crippen LogP contribution < -0.4 is 0 Å². The van der Waals surface area contributed by atoms with E-state index in [0.717, 1.165) is 12.8 Å². The third-order valence-corrected chi connectivity index (χ3v) is 4.96. The van der Waals surface area contributed by atoms with Crippen molar-refractivity contribution < 1.29 is 19.1 Å². The van der Waals surface area contributed by atoms with Crippen molar-refractivity contribution in [1.29, 1.82) is 0 Å². The van der Waals surface area contributed by atoms with E-state index in [2.05, 4.69) is 4.90 Å². The fourth-order valence-corrected chi connectivity index (χ4v) is 3.77. The van der Waals surface area contributed by atoms with Crippen LogP contribution in [-0.4, -0.2) is 49.2 Å². The third kappa shape index (κ3) is 2.61. The Kier molecular flexibility index (Phi) is 4.16. The lowest BCUT2D eigenvalue weighted by molar-refractivity contribution is -0.156. The number of methoxy groups -OCH3 is 1. The minimum absolute atomic E-state index is 0.0970. The largest absolute Gasteiger partial charge is 0.469 e. The molecule has 0 aromatic heterocycles. The maximum absolute atomic E-state index is 12.3. The topological polar surface area (TPSA) is 55.8 Å². The molecule has 0 amide bonds. The molecule has 0 aliphatic carbocycles. The molecule has 5 nitrogen and oxygen atoms in total. The molecular formula is C17H21NO4. The van der Waals surface area contributed by atoms with E-state index in [1.165, 1.54) is 7.11 Å². The van der Waals surface area contributed by atoms with Crippen LogP contribution in [0.2, 0.25) is 0 Å². The molecule has 5 heteroatoms. The number of rotatable bonds is 3. The second kappa shape index (κ2) is 6.08. The van der Waals surface area contributed by atoms with Gasteiger partial charge in [0.05, 0.1) is 12.7 Å². The number of ether oxygens (including phenoxy) is 2. The molecule has 22 heavy (non-hydrogen) atoms. The van der Waals surface area contributed by atoms with Gasteiger partial charge >= 0.3 is 11.9 Å². The normalized spacial score (nSPS) is 30.8. The number of piperidine rings is 1. The summed E-state index contributed by atoms with van der Waals surface area (Å²) in [5.74, 6) is -1.06. The van der Waals surface area contributed by atoms with E-state index in [9.17, 15) is 9.59 Å². The molecule has 4 atom stereocenters. The summed E-state index contributed by atoms with van der Waals surface area (Å²) >= 11 is 0. The Hall–Kier alpha value is -1.88. The van der Waals surface area contributed by atoms with Crippen LogP contribution in [0.5, 0.6) is 0 Å². The van der Waals surface area contributed by atoms with Gasteiger partial charge in [-0.1, -0.05) is 18.2 Å². The molecule has 118 valence electrons. The van der Waals surface area contributed by atoms with Gasteiger partial charge in [-0.25, -0.2) is 4.79 Å². The number of carbonyl (C=O) groups is 2. The number of hydrogen-bond donors (Lipinski definition) is 0. The van der Waals surface area contributed by atoms with E-state index in [0.29, 0.717) is 18.0 Å². The van der Waals surface area contributed by atoms with Crippen LogP contribution in [0.1, 0.15) is 29.6 Å². The number of nitrogens with zero attached hydrogens (tertiary/aromatic N) is 1. The summed E-state index contributed by atoms with van der Waals surface area (Å²) in [6.45, 7) is 0. The zero-order chi connectivity index (χ0) is 15.7. The second-order valence-electron chi connectivity index (χ2n) is 6.06. The summed E-state index contributed by atoms with van der Waals surface area (Å²) < 4.78 is 10.6. The van der Waals surface area contributed by atoms with Crippen molar-refractivity contribution in [2.45, 2.75) is 37.5 Å². The molecule has 1 aromatic carbocycles. The quantitative estimate of drug-likeness (QED) is 0.798. The third-order valence-electron chi connectivity index (χ3n) is 4.96. The number of benzene rings is 1. The van der Waals surface area contributed by atoms with Crippen LogP contribution in [-0.2, 0) is 14.3 Å². The Morgan fingerprint density at radius 2 is 1.91 bits per heavy atom. The Balaban J connectivity index is 1.79. The summed E-state index contributed by atoms with van der Waals surface area (Å²) in [7, 11) is 3.42. The van der Waals surface area contributed by atoms with E-state index in [1.54, 1.807) is 24.3 Å². The van der Waals surface area contributed by atoms with Gasteiger partial charge in [-0.3, -0.25) is 9.69 Å². The highest BCUT2D eigenvalue weighted by Crippen LogP contribution is 2.40. The maximum Gasteiger partial charge on any atom is 0.338 e. The van der Waals surface area contributed by atoms with Crippen LogP contribution in [0.4, 0.5) is 0 Å². The van der Waals surface area contributed by atoms with Crippen LogP contribution in [0.15, 0.2) is 30.3 Å².